The summed E-state index contributed by atoms with van der Waals surface area (Å²) in [6, 6.07) is 10.5. The Labute approximate surface area is 154 Å². The molecule has 0 aromatic heterocycles. The highest BCUT2D eigenvalue weighted by Crippen LogP contribution is 2.36. The Hall–Kier alpha value is -1.62. The van der Waals surface area contributed by atoms with Crippen LogP contribution in [0.3, 0.4) is 0 Å². The van der Waals surface area contributed by atoms with E-state index in [0.717, 1.165) is 43.9 Å². The van der Waals surface area contributed by atoms with Gasteiger partial charge < -0.3 is 9.64 Å². The molecule has 0 aliphatic carbocycles. The molecular weight excluding hydrogens is 339 g/mol. The molecule has 3 nitrogen and oxygen atoms in total. The molecule has 2 aromatic carbocycles. The van der Waals surface area contributed by atoms with Crippen molar-refractivity contribution >= 4 is 11.6 Å². The van der Waals surface area contributed by atoms with Crippen LogP contribution in [0.2, 0.25) is 5.02 Å². The van der Waals surface area contributed by atoms with Crippen molar-refractivity contribution in [3.8, 4) is 16.9 Å². The van der Waals surface area contributed by atoms with Crippen LogP contribution in [0.4, 0.5) is 4.39 Å². The van der Waals surface area contributed by atoms with Crippen molar-refractivity contribution in [2.45, 2.75) is 6.92 Å². The molecular formula is C20H24ClFN2O. The summed E-state index contributed by atoms with van der Waals surface area (Å²) in [5, 5.41) is 0.555. The summed E-state index contributed by atoms with van der Waals surface area (Å²) < 4.78 is 19.9. The van der Waals surface area contributed by atoms with Crippen molar-refractivity contribution in [2.24, 2.45) is 0 Å². The number of piperazine rings is 1. The molecule has 0 unspecified atom stereocenters. The molecule has 0 N–H and O–H groups in total. The first-order valence-corrected chi connectivity index (χ1v) is 9.02. The summed E-state index contributed by atoms with van der Waals surface area (Å²) in [6.45, 7) is 7.71. The number of benzene rings is 2. The number of likely N-dealkylation sites (N-methyl/N-ethyl adjacent to an activating group) is 1. The SMILES string of the molecule is Cc1c(-c2ccccc2F)ccc(OCCN2CCN(C)CC2)c1Cl. The van der Waals surface area contributed by atoms with E-state index < -0.39 is 0 Å². The van der Waals surface area contributed by atoms with Crippen LogP contribution in [-0.4, -0.2) is 56.2 Å². The second-order valence-corrected chi connectivity index (χ2v) is 6.90. The van der Waals surface area contributed by atoms with Gasteiger partial charge in [-0.2, -0.15) is 0 Å². The summed E-state index contributed by atoms with van der Waals surface area (Å²) in [4.78, 5) is 4.73. The van der Waals surface area contributed by atoms with Crippen molar-refractivity contribution < 1.29 is 9.13 Å². The molecule has 5 heteroatoms. The minimum Gasteiger partial charge on any atom is -0.491 e. The van der Waals surface area contributed by atoms with Crippen molar-refractivity contribution in [2.75, 3.05) is 46.4 Å². The van der Waals surface area contributed by atoms with Gasteiger partial charge in [-0.3, -0.25) is 4.90 Å². The van der Waals surface area contributed by atoms with Crippen LogP contribution in [0.5, 0.6) is 5.75 Å². The molecule has 134 valence electrons. The van der Waals surface area contributed by atoms with Gasteiger partial charge in [0.2, 0.25) is 0 Å². The van der Waals surface area contributed by atoms with Crippen LogP contribution >= 0.6 is 11.6 Å². The highest BCUT2D eigenvalue weighted by Gasteiger charge is 2.15. The van der Waals surface area contributed by atoms with Gasteiger partial charge in [0.1, 0.15) is 18.2 Å². The van der Waals surface area contributed by atoms with E-state index in [9.17, 15) is 4.39 Å². The largest absolute Gasteiger partial charge is 0.491 e. The standard InChI is InChI=1S/C20H24ClFN2O/c1-15-16(17-5-3-4-6-18(17)22)7-8-19(20(15)21)25-14-13-24-11-9-23(2)10-12-24/h3-8H,9-14H2,1-2H3. The number of halogens is 2. The Morgan fingerprint density at radius 3 is 2.48 bits per heavy atom. The summed E-state index contributed by atoms with van der Waals surface area (Å²) >= 11 is 6.47. The van der Waals surface area contributed by atoms with Gasteiger partial charge in [-0.05, 0) is 37.2 Å². The van der Waals surface area contributed by atoms with E-state index in [1.807, 2.05) is 25.1 Å². The van der Waals surface area contributed by atoms with Crippen LogP contribution < -0.4 is 4.74 Å². The first kappa shape index (κ1) is 18.2. The maximum absolute atomic E-state index is 14.0. The topological polar surface area (TPSA) is 15.7 Å². The number of rotatable bonds is 5. The molecule has 2 aromatic rings. The lowest BCUT2D eigenvalue weighted by molar-refractivity contribution is 0.134. The number of nitrogens with zero attached hydrogens (tertiary/aromatic N) is 2. The maximum atomic E-state index is 14.0. The quantitative estimate of drug-likeness (QED) is 0.797. The molecule has 0 spiro atoms. The lowest BCUT2D eigenvalue weighted by atomic mass is 10.00. The Morgan fingerprint density at radius 2 is 1.76 bits per heavy atom. The molecule has 1 aliphatic heterocycles. The van der Waals surface area contributed by atoms with Gasteiger partial charge in [-0.25, -0.2) is 4.39 Å². The van der Waals surface area contributed by atoms with Crippen LogP contribution in [0.25, 0.3) is 11.1 Å². The molecule has 0 amide bonds. The van der Waals surface area contributed by atoms with Gasteiger partial charge >= 0.3 is 0 Å². The zero-order valence-electron chi connectivity index (χ0n) is 14.8. The lowest BCUT2D eigenvalue weighted by Crippen LogP contribution is -2.45. The third kappa shape index (κ3) is 4.32. The Bertz CT molecular complexity index is 730. The lowest BCUT2D eigenvalue weighted by Gasteiger charge is -2.32. The average Bonchev–Trinajstić information content (AvgIpc) is 2.61. The summed E-state index contributed by atoms with van der Waals surface area (Å²) in [7, 11) is 2.15. The fraction of sp³-hybridized carbons (Fsp3) is 0.400. The van der Waals surface area contributed by atoms with Gasteiger partial charge in [-0.15, -0.1) is 0 Å². The average molecular weight is 363 g/mol. The minimum absolute atomic E-state index is 0.245. The highest BCUT2D eigenvalue weighted by atomic mass is 35.5. The number of hydrogen-bond donors (Lipinski definition) is 0. The molecule has 0 bridgehead atoms. The van der Waals surface area contributed by atoms with E-state index in [1.54, 1.807) is 12.1 Å². The van der Waals surface area contributed by atoms with E-state index in [-0.39, 0.29) is 5.82 Å². The maximum Gasteiger partial charge on any atom is 0.138 e. The van der Waals surface area contributed by atoms with Crippen molar-refractivity contribution in [1.82, 2.24) is 9.80 Å². The highest BCUT2D eigenvalue weighted by molar-refractivity contribution is 6.33. The second kappa shape index (κ2) is 8.17. The van der Waals surface area contributed by atoms with Gasteiger partial charge in [0, 0.05) is 38.3 Å². The Kier molecular flexibility index (Phi) is 5.94. The predicted molar refractivity (Wildman–Crippen MR) is 101 cm³/mol. The Morgan fingerprint density at radius 1 is 1.04 bits per heavy atom. The molecule has 0 saturated carbocycles. The van der Waals surface area contributed by atoms with Crippen molar-refractivity contribution in [3.05, 3.63) is 52.8 Å². The van der Waals surface area contributed by atoms with Crippen molar-refractivity contribution in [1.29, 1.82) is 0 Å². The second-order valence-electron chi connectivity index (χ2n) is 6.52. The molecule has 3 rings (SSSR count). The fourth-order valence-corrected chi connectivity index (χ4v) is 3.32. The third-order valence-electron chi connectivity index (χ3n) is 4.78. The molecule has 0 radical (unpaired) electrons. The molecule has 0 atom stereocenters. The molecule has 25 heavy (non-hydrogen) atoms. The first-order chi connectivity index (χ1) is 12.1. The fourth-order valence-electron chi connectivity index (χ4n) is 3.10. The van der Waals surface area contributed by atoms with Gasteiger partial charge in [0.05, 0.1) is 5.02 Å². The Balaban J connectivity index is 1.65. The van der Waals surface area contributed by atoms with Gasteiger partial charge in [-0.1, -0.05) is 35.9 Å². The van der Waals surface area contributed by atoms with Crippen LogP contribution in [0, 0.1) is 12.7 Å². The third-order valence-corrected chi connectivity index (χ3v) is 5.25. The van der Waals surface area contributed by atoms with Crippen LogP contribution in [-0.2, 0) is 0 Å². The van der Waals surface area contributed by atoms with Crippen molar-refractivity contribution in [3.63, 3.8) is 0 Å². The van der Waals surface area contributed by atoms with E-state index in [0.29, 0.717) is 22.9 Å². The zero-order valence-corrected chi connectivity index (χ0v) is 15.5. The summed E-state index contributed by atoms with van der Waals surface area (Å²) in [5.41, 5.74) is 2.20. The number of ether oxygens (including phenoxy) is 1. The molecule has 1 heterocycles. The van der Waals surface area contributed by atoms with Gasteiger partial charge in [0.25, 0.3) is 0 Å². The summed E-state index contributed by atoms with van der Waals surface area (Å²) in [5.74, 6) is 0.416. The van der Waals surface area contributed by atoms with Gasteiger partial charge in [0.15, 0.2) is 0 Å². The van der Waals surface area contributed by atoms with E-state index >= 15 is 0 Å². The molecule has 1 aliphatic rings. The smallest absolute Gasteiger partial charge is 0.138 e. The van der Waals surface area contributed by atoms with E-state index in [1.165, 1.54) is 6.07 Å². The van der Waals surface area contributed by atoms with E-state index in [2.05, 4.69) is 16.8 Å². The molecule has 1 saturated heterocycles. The predicted octanol–water partition coefficient (Wildman–Crippen LogP) is 4.08. The number of hydrogen-bond acceptors (Lipinski definition) is 3. The van der Waals surface area contributed by atoms with E-state index in [4.69, 9.17) is 16.3 Å². The van der Waals surface area contributed by atoms with Crippen LogP contribution in [0.1, 0.15) is 5.56 Å². The first-order valence-electron chi connectivity index (χ1n) is 8.64. The summed E-state index contributed by atoms with van der Waals surface area (Å²) in [6.07, 6.45) is 0. The monoisotopic (exact) mass is 362 g/mol. The zero-order chi connectivity index (χ0) is 17.8. The minimum atomic E-state index is -0.245. The normalized spacial score (nSPS) is 16.2. The molecule has 1 fully saturated rings. The van der Waals surface area contributed by atoms with Crippen LogP contribution in [0.15, 0.2) is 36.4 Å².